The molecule has 0 fully saturated rings. The van der Waals surface area contributed by atoms with E-state index >= 15 is 0 Å². The minimum Gasteiger partial charge on any atom is -0.478 e. The molecule has 8 aromatic rings. The molecule has 0 radical (unpaired) electrons. The Kier molecular flexibility index (Phi) is 24.9. The highest BCUT2D eigenvalue weighted by atomic mass is 16.6. The Balaban J connectivity index is 0.000000223. The summed E-state index contributed by atoms with van der Waals surface area (Å²) in [5, 5.41) is 90.3. The number of aromatic carboxylic acids is 4. The molecule has 92 heavy (non-hydrogen) atoms. The lowest BCUT2D eigenvalue weighted by Gasteiger charge is -2.08. The highest BCUT2D eigenvalue weighted by Crippen LogP contribution is 2.25. The van der Waals surface area contributed by atoms with Crippen molar-refractivity contribution in [2.75, 3.05) is 0 Å². The van der Waals surface area contributed by atoms with E-state index < -0.39 is 101 Å². The van der Waals surface area contributed by atoms with Gasteiger partial charge in [0.15, 0.2) is 0 Å². The molecular weight excluding hydrogens is 1200 g/mol. The van der Waals surface area contributed by atoms with E-state index in [2.05, 4.69) is 21.3 Å². The third-order valence-electron chi connectivity index (χ3n) is 13.1. The first-order valence-electron chi connectivity index (χ1n) is 27.0. The van der Waals surface area contributed by atoms with Gasteiger partial charge >= 0.3 is 23.9 Å². The second kappa shape index (κ2) is 32.7. The van der Waals surface area contributed by atoms with Gasteiger partial charge in [-0.1, -0.05) is 131 Å². The molecule has 472 valence electrons. The Bertz CT molecular complexity index is 4030. The van der Waals surface area contributed by atoms with Gasteiger partial charge in [-0.05, 0) is 74.2 Å². The van der Waals surface area contributed by atoms with Crippen LogP contribution in [-0.4, -0.2) is 87.6 Å². The number of carboxylic acid groups (broad SMARTS) is 4. The first-order valence-corrected chi connectivity index (χ1v) is 27.0. The van der Waals surface area contributed by atoms with E-state index in [4.69, 9.17) is 15.3 Å². The number of nitro benzene ring substituents is 4. The quantitative estimate of drug-likeness (QED) is 0.0260. The molecule has 0 unspecified atom stereocenters. The predicted octanol–water partition coefficient (Wildman–Crippen LogP) is 10.1. The first-order chi connectivity index (χ1) is 43.6. The van der Waals surface area contributed by atoms with E-state index in [9.17, 15) is 83.9 Å². The molecule has 0 aliphatic heterocycles. The lowest BCUT2D eigenvalue weighted by Crippen LogP contribution is -2.26. The molecule has 8 N–H and O–H groups in total. The number of aryl methyl sites for hydroxylation is 4. The van der Waals surface area contributed by atoms with E-state index in [0.717, 1.165) is 99.1 Å². The molecule has 0 saturated heterocycles. The second-order valence-electron chi connectivity index (χ2n) is 19.8. The van der Waals surface area contributed by atoms with Gasteiger partial charge in [0.2, 0.25) is 0 Å². The van der Waals surface area contributed by atoms with E-state index in [0.29, 0.717) is 0 Å². The maximum Gasteiger partial charge on any atom is 0.343 e. The van der Waals surface area contributed by atoms with Crippen molar-refractivity contribution < 1.29 is 78.5 Å². The fourth-order valence-electron chi connectivity index (χ4n) is 8.18. The molecule has 28 nitrogen and oxygen atoms in total. The summed E-state index contributed by atoms with van der Waals surface area (Å²) in [5.41, 5.74) is 3.05. The van der Waals surface area contributed by atoms with Crippen molar-refractivity contribution in [2.45, 2.75) is 53.9 Å². The van der Waals surface area contributed by atoms with Gasteiger partial charge < -0.3 is 41.7 Å². The van der Waals surface area contributed by atoms with Crippen molar-refractivity contribution in [3.63, 3.8) is 0 Å². The Morgan fingerprint density at radius 2 is 0.620 bits per heavy atom. The van der Waals surface area contributed by atoms with Crippen molar-refractivity contribution in [2.24, 2.45) is 0 Å². The predicted molar refractivity (Wildman–Crippen MR) is 330 cm³/mol. The van der Waals surface area contributed by atoms with Crippen LogP contribution in [0.1, 0.15) is 127 Å². The molecule has 8 aromatic carbocycles. The molecule has 4 amide bonds. The summed E-state index contributed by atoms with van der Waals surface area (Å²) in [4.78, 5) is 134. The number of nitrogens with one attached hydrogen (secondary N) is 4. The lowest BCUT2D eigenvalue weighted by atomic mass is 10.0. The maximum absolute atomic E-state index is 12.3. The Labute approximate surface area is 521 Å². The van der Waals surface area contributed by atoms with Crippen LogP contribution in [0.15, 0.2) is 170 Å². The van der Waals surface area contributed by atoms with E-state index in [1.165, 1.54) is 18.2 Å². The first kappa shape index (κ1) is 69.9. The summed E-state index contributed by atoms with van der Waals surface area (Å²) < 4.78 is 0. The number of non-ortho nitro benzene ring substituents is 2. The lowest BCUT2D eigenvalue weighted by molar-refractivity contribution is -0.385. The highest BCUT2D eigenvalue weighted by molar-refractivity contribution is 6.09. The summed E-state index contributed by atoms with van der Waals surface area (Å²) in [7, 11) is 0. The maximum atomic E-state index is 12.3. The molecule has 0 aliphatic rings. The van der Waals surface area contributed by atoms with Gasteiger partial charge in [0.25, 0.3) is 46.4 Å². The van der Waals surface area contributed by atoms with Gasteiger partial charge in [0, 0.05) is 62.6 Å². The topological polar surface area (TPSA) is 438 Å². The fraction of sp³-hybridized carbons (Fsp3) is 0.125. The van der Waals surface area contributed by atoms with Crippen molar-refractivity contribution >= 4 is 70.3 Å². The van der Waals surface area contributed by atoms with Gasteiger partial charge in [-0.15, -0.1) is 0 Å². The zero-order valence-electron chi connectivity index (χ0n) is 49.1. The number of carboxylic acids is 4. The van der Waals surface area contributed by atoms with E-state index in [1.54, 1.807) is 0 Å². The molecule has 0 saturated carbocycles. The van der Waals surface area contributed by atoms with Crippen LogP contribution in [0.2, 0.25) is 0 Å². The zero-order chi connectivity index (χ0) is 67.9. The van der Waals surface area contributed by atoms with Crippen LogP contribution in [0, 0.1) is 68.2 Å². The minimum atomic E-state index is -1.52. The van der Waals surface area contributed by atoms with Crippen molar-refractivity contribution in [3.8, 4) is 0 Å². The van der Waals surface area contributed by atoms with Crippen LogP contribution in [0.4, 0.5) is 22.7 Å². The number of nitro groups is 4. The number of nitrogens with zero attached hydrogens (tertiary/aromatic N) is 4. The van der Waals surface area contributed by atoms with E-state index in [1.807, 2.05) is 125 Å². The molecule has 0 spiro atoms. The number of hydrogen-bond donors (Lipinski definition) is 8. The van der Waals surface area contributed by atoms with Crippen molar-refractivity contribution in [1.29, 1.82) is 0 Å². The molecule has 0 bridgehead atoms. The number of carbonyl (C=O) groups excluding carboxylic acids is 4. The molecule has 8 rings (SSSR count). The third kappa shape index (κ3) is 20.1. The molecule has 0 heterocycles. The van der Waals surface area contributed by atoms with Gasteiger partial charge in [0.05, 0.1) is 53.1 Å². The number of hydrogen-bond acceptors (Lipinski definition) is 16. The number of rotatable bonds is 20. The number of carbonyl (C=O) groups is 8. The summed E-state index contributed by atoms with van der Waals surface area (Å²) in [6.45, 7) is 8.50. The van der Waals surface area contributed by atoms with Gasteiger partial charge in [-0.25, -0.2) is 19.2 Å². The largest absolute Gasteiger partial charge is 0.478 e. The summed E-state index contributed by atoms with van der Waals surface area (Å²) in [6, 6.07) is 43.0. The summed E-state index contributed by atoms with van der Waals surface area (Å²) in [6.07, 6.45) is 0. The average molecular weight is 1260 g/mol. The molecule has 0 aliphatic carbocycles. The van der Waals surface area contributed by atoms with Crippen LogP contribution >= 0.6 is 0 Å². The Morgan fingerprint density at radius 1 is 0.315 bits per heavy atom. The molecular formula is C64H56N8O20. The molecule has 0 atom stereocenters. The average Bonchev–Trinajstić information content (AvgIpc) is 1.35. The fourth-order valence-corrected chi connectivity index (χ4v) is 8.18. The van der Waals surface area contributed by atoms with Gasteiger partial charge in [-0.3, -0.25) is 59.6 Å². The van der Waals surface area contributed by atoms with Gasteiger partial charge in [0.1, 0.15) is 11.1 Å². The number of amides is 4. The Hall–Kier alpha value is -12.9. The van der Waals surface area contributed by atoms with Gasteiger partial charge in [-0.2, -0.15) is 0 Å². The van der Waals surface area contributed by atoms with Crippen LogP contribution in [0.3, 0.4) is 0 Å². The smallest absolute Gasteiger partial charge is 0.343 e. The standard InChI is InChI=1S/4C16H14N2O5/c1-10-2-4-11(5-3-10)9-17-15(19)14-8-12(18(22)23)6-7-13(14)16(20)21;1-10-2-4-11(5-3-10)9-17-15(19)13-7-6-12(18(22)23)8-14(13)16(20)21;1-10-5-7-11(8-6-10)9-17-15(19)14-12(16(20)21)3-2-4-13(14)18(22)23;1-10-5-7-11(8-6-10)9-17-15(19)12-3-2-4-13(18(22)23)14(12)16(20)21/h4*2-8H,9H2,1H3,(H,17,19)(H,20,21). The van der Waals surface area contributed by atoms with Crippen LogP contribution < -0.4 is 21.3 Å². The normalized spacial score (nSPS) is 10.1. The van der Waals surface area contributed by atoms with Crippen molar-refractivity contribution in [3.05, 3.63) is 299 Å². The highest BCUT2D eigenvalue weighted by Gasteiger charge is 2.29. The molecule has 28 heteroatoms. The third-order valence-corrected chi connectivity index (χ3v) is 13.1. The van der Waals surface area contributed by atoms with Crippen LogP contribution in [0.25, 0.3) is 0 Å². The van der Waals surface area contributed by atoms with E-state index in [-0.39, 0.29) is 59.8 Å². The molecule has 0 aromatic heterocycles. The second-order valence-corrected chi connectivity index (χ2v) is 19.8. The van der Waals surface area contributed by atoms with Crippen molar-refractivity contribution in [1.82, 2.24) is 21.3 Å². The Morgan fingerprint density at radius 3 is 0.957 bits per heavy atom. The van der Waals surface area contributed by atoms with Crippen LogP contribution in [0.5, 0.6) is 0 Å². The summed E-state index contributed by atoms with van der Waals surface area (Å²) in [5.74, 6) is -8.37. The summed E-state index contributed by atoms with van der Waals surface area (Å²) >= 11 is 0. The monoisotopic (exact) mass is 1260 g/mol. The number of benzene rings is 8. The zero-order valence-corrected chi connectivity index (χ0v) is 49.1. The SMILES string of the molecule is Cc1ccc(CNC(=O)c2c(C(=O)O)cccc2[N+](=O)[O-])cc1.Cc1ccc(CNC(=O)c2cc([N+](=O)[O-])ccc2C(=O)O)cc1.Cc1ccc(CNC(=O)c2ccc([N+](=O)[O-])cc2C(=O)O)cc1.Cc1ccc(CNC(=O)c2cccc([N+](=O)[O-])c2C(=O)O)cc1. The van der Waals surface area contributed by atoms with Crippen LogP contribution in [-0.2, 0) is 26.2 Å². The minimum absolute atomic E-state index is 0.116.